The molecule has 3 rings (SSSR count). The van der Waals surface area contributed by atoms with Crippen molar-refractivity contribution in [2.45, 2.75) is 39.3 Å². The van der Waals surface area contributed by atoms with Gasteiger partial charge in [0.2, 0.25) is 11.8 Å². The van der Waals surface area contributed by atoms with Crippen molar-refractivity contribution in [3.63, 3.8) is 0 Å². The van der Waals surface area contributed by atoms with Crippen molar-refractivity contribution in [1.29, 1.82) is 0 Å². The Labute approximate surface area is 142 Å². The van der Waals surface area contributed by atoms with Crippen LogP contribution in [0.15, 0.2) is 12.3 Å². The SMILES string of the molecule is CC(C)C(=O)N1Cc2ccnn2C(C(=O)NCC2CCOCC2)C1. The normalized spacial score (nSPS) is 21.6. The first-order valence-electron chi connectivity index (χ1n) is 8.73. The molecule has 1 N–H and O–H groups in total. The van der Waals surface area contributed by atoms with Gasteiger partial charge in [0.05, 0.1) is 18.8 Å². The number of fused-ring (bicyclic) bond motifs is 1. The van der Waals surface area contributed by atoms with Crippen molar-refractivity contribution in [1.82, 2.24) is 20.0 Å². The topological polar surface area (TPSA) is 76.5 Å². The molecular weight excluding hydrogens is 308 g/mol. The Morgan fingerprint density at radius 3 is 2.83 bits per heavy atom. The second kappa shape index (κ2) is 7.34. The van der Waals surface area contributed by atoms with E-state index in [0.29, 0.717) is 25.6 Å². The Bertz CT molecular complexity index is 592. The molecule has 3 heterocycles. The minimum absolute atomic E-state index is 0.0623. The van der Waals surface area contributed by atoms with Crippen LogP contribution in [0.1, 0.15) is 38.4 Å². The summed E-state index contributed by atoms with van der Waals surface area (Å²) in [6.07, 6.45) is 3.66. The zero-order chi connectivity index (χ0) is 17.1. The zero-order valence-electron chi connectivity index (χ0n) is 14.4. The van der Waals surface area contributed by atoms with E-state index in [1.807, 2.05) is 19.9 Å². The third kappa shape index (κ3) is 3.61. The predicted molar refractivity (Wildman–Crippen MR) is 88.1 cm³/mol. The van der Waals surface area contributed by atoms with Crippen LogP contribution in [0, 0.1) is 11.8 Å². The number of nitrogens with one attached hydrogen (secondary N) is 1. The van der Waals surface area contributed by atoms with Crippen molar-refractivity contribution >= 4 is 11.8 Å². The van der Waals surface area contributed by atoms with E-state index in [0.717, 1.165) is 31.7 Å². The van der Waals surface area contributed by atoms with Crippen molar-refractivity contribution in [3.8, 4) is 0 Å². The number of hydrogen-bond donors (Lipinski definition) is 1. The van der Waals surface area contributed by atoms with Gasteiger partial charge in [0.1, 0.15) is 6.04 Å². The Balaban J connectivity index is 1.66. The number of carbonyl (C=O) groups is 2. The Hall–Kier alpha value is -1.89. The van der Waals surface area contributed by atoms with E-state index in [4.69, 9.17) is 4.74 Å². The lowest BCUT2D eigenvalue weighted by Gasteiger charge is -2.34. The van der Waals surface area contributed by atoms with Gasteiger partial charge in [0.25, 0.3) is 0 Å². The maximum absolute atomic E-state index is 12.7. The van der Waals surface area contributed by atoms with Gasteiger partial charge in [-0.1, -0.05) is 13.8 Å². The monoisotopic (exact) mass is 334 g/mol. The van der Waals surface area contributed by atoms with Gasteiger partial charge in [0.15, 0.2) is 0 Å². The van der Waals surface area contributed by atoms with Gasteiger partial charge in [-0.05, 0) is 24.8 Å². The minimum Gasteiger partial charge on any atom is -0.381 e. The molecule has 1 aromatic rings. The van der Waals surface area contributed by atoms with Crippen LogP contribution in [-0.2, 0) is 20.9 Å². The van der Waals surface area contributed by atoms with Gasteiger partial charge in [-0.3, -0.25) is 14.3 Å². The quantitative estimate of drug-likeness (QED) is 0.890. The lowest BCUT2D eigenvalue weighted by atomic mass is 10.0. The average Bonchev–Trinajstić information content (AvgIpc) is 3.07. The molecule has 1 fully saturated rings. The maximum atomic E-state index is 12.7. The summed E-state index contributed by atoms with van der Waals surface area (Å²) in [7, 11) is 0. The van der Waals surface area contributed by atoms with Crippen LogP contribution < -0.4 is 5.32 Å². The molecule has 2 amide bonds. The summed E-state index contributed by atoms with van der Waals surface area (Å²) in [6.45, 7) is 6.86. The van der Waals surface area contributed by atoms with E-state index in [2.05, 4.69) is 10.4 Å². The molecule has 1 atom stereocenters. The molecule has 0 bridgehead atoms. The molecule has 0 saturated carbocycles. The van der Waals surface area contributed by atoms with Crippen LogP contribution in [0.25, 0.3) is 0 Å². The van der Waals surface area contributed by atoms with Crippen molar-refractivity contribution < 1.29 is 14.3 Å². The molecule has 0 spiro atoms. The predicted octanol–water partition coefficient (Wildman–Crippen LogP) is 0.965. The largest absolute Gasteiger partial charge is 0.381 e. The van der Waals surface area contributed by atoms with Crippen LogP contribution in [0.5, 0.6) is 0 Å². The Morgan fingerprint density at radius 2 is 2.12 bits per heavy atom. The number of carbonyl (C=O) groups excluding carboxylic acids is 2. The highest BCUT2D eigenvalue weighted by molar-refractivity contribution is 5.83. The summed E-state index contributed by atoms with van der Waals surface area (Å²) in [5.41, 5.74) is 0.904. The molecule has 2 aliphatic heterocycles. The molecule has 7 heteroatoms. The first kappa shape index (κ1) is 17.0. The highest BCUT2D eigenvalue weighted by atomic mass is 16.5. The third-order valence-electron chi connectivity index (χ3n) is 4.81. The molecule has 1 unspecified atom stereocenters. The summed E-state index contributed by atoms with van der Waals surface area (Å²) in [5.74, 6) is 0.402. The van der Waals surface area contributed by atoms with Gasteiger partial charge < -0.3 is 15.0 Å². The van der Waals surface area contributed by atoms with Crippen LogP contribution >= 0.6 is 0 Å². The van der Waals surface area contributed by atoms with E-state index in [-0.39, 0.29) is 17.7 Å². The first-order valence-corrected chi connectivity index (χ1v) is 8.73. The Kier molecular flexibility index (Phi) is 5.18. The fourth-order valence-electron chi connectivity index (χ4n) is 3.33. The molecule has 7 nitrogen and oxygen atoms in total. The molecule has 24 heavy (non-hydrogen) atoms. The second-order valence-corrected chi connectivity index (χ2v) is 6.96. The van der Waals surface area contributed by atoms with E-state index < -0.39 is 6.04 Å². The molecule has 1 saturated heterocycles. The summed E-state index contributed by atoms with van der Waals surface area (Å²) in [6, 6.07) is 1.42. The number of ether oxygens (including phenoxy) is 1. The van der Waals surface area contributed by atoms with Gasteiger partial charge in [-0.25, -0.2) is 0 Å². The second-order valence-electron chi connectivity index (χ2n) is 6.96. The van der Waals surface area contributed by atoms with Crippen LogP contribution in [-0.4, -0.2) is 52.8 Å². The molecule has 2 aliphatic rings. The van der Waals surface area contributed by atoms with E-state index in [9.17, 15) is 9.59 Å². The van der Waals surface area contributed by atoms with E-state index >= 15 is 0 Å². The number of aromatic nitrogens is 2. The number of nitrogens with zero attached hydrogens (tertiary/aromatic N) is 3. The van der Waals surface area contributed by atoms with Gasteiger partial charge >= 0.3 is 0 Å². The van der Waals surface area contributed by atoms with Crippen molar-refractivity contribution in [2.75, 3.05) is 26.3 Å². The maximum Gasteiger partial charge on any atom is 0.246 e. The van der Waals surface area contributed by atoms with Gasteiger partial charge in [-0.15, -0.1) is 0 Å². The van der Waals surface area contributed by atoms with Crippen LogP contribution in [0.2, 0.25) is 0 Å². The van der Waals surface area contributed by atoms with Crippen molar-refractivity contribution in [2.24, 2.45) is 11.8 Å². The molecule has 0 aliphatic carbocycles. The average molecular weight is 334 g/mol. The minimum atomic E-state index is -0.453. The molecule has 0 radical (unpaired) electrons. The summed E-state index contributed by atoms with van der Waals surface area (Å²) < 4.78 is 7.10. The van der Waals surface area contributed by atoms with E-state index in [1.54, 1.807) is 15.8 Å². The Morgan fingerprint density at radius 1 is 1.38 bits per heavy atom. The highest BCUT2D eigenvalue weighted by Gasteiger charge is 2.33. The highest BCUT2D eigenvalue weighted by Crippen LogP contribution is 2.22. The van der Waals surface area contributed by atoms with Crippen LogP contribution in [0.3, 0.4) is 0 Å². The molecule has 132 valence electrons. The van der Waals surface area contributed by atoms with Gasteiger partial charge in [-0.2, -0.15) is 5.10 Å². The first-order chi connectivity index (χ1) is 11.6. The smallest absolute Gasteiger partial charge is 0.246 e. The summed E-state index contributed by atoms with van der Waals surface area (Å²) in [5, 5.41) is 7.34. The van der Waals surface area contributed by atoms with E-state index in [1.165, 1.54) is 0 Å². The van der Waals surface area contributed by atoms with Crippen LogP contribution in [0.4, 0.5) is 0 Å². The molecular formula is C17H26N4O3. The molecule has 0 aromatic carbocycles. The lowest BCUT2D eigenvalue weighted by Crippen LogP contribution is -2.48. The van der Waals surface area contributed by atoms with Gasteiger partial charge in [0, 0.05) is 31.9 Å². The number of rotatable bonds is 4. The fourth-order valence-corrected chi connectivity index (χ4v) is 3.33. The van der Waals surface area contributed by atoms with Crippen molar-refractivity contribution in [3.05, 3.63) is 18.0 Å². The number of amides is 2. The summed E-state index contributed by atoms with van der Waals surface area (Å²) in [4.78, 5) is 26.8. The number of hydrogen-bond acceptors (Lipinski definition) is 4. The zero-order valence-corrected chi connectivity index (χ0v) is 14.4. The molecule has 1 aromatic heterocycles. The summed E-state index contributed by atoms with van der Waals surface area (Å²) >= 11 is 0. The lowest BCUT2D eigenvalue weighted by molar-refractivity contribution is -0.138. The third-order valence-corrected chi connectivity index (χ3v) is 4.81. The fraction of sp³-hybridized carbons (Fsp3) is 0.706. The standard InChI is InChI=1S/C17H26N4O3/c1-12(2)17(23)20-10-14-3-6-19-21(14)15(11-20)16(22)18-9-13-4-7-24-8-5-13/h3,6,12-13,15H,4-5,7-11H2,1-2H3,(H,18,22).